The van der Waals surface area contributed by atoms with E-state index in [2.05, 4.69) is 16.0 Å². The van der Waals surface area contributed by atoms with Crippen molar-refractivity contribution in [2.45, 2.75) is 90.0 Å². The van der Waals surface area contributed by atoms with Gasteiger partial charge < -0.3 is 31.2 Å². The first-order valence-corrected chi connectivity index (χ1v) is 12.6. The lowest BCUT2D eigenvalue weighted by Crippen LogP contribution is -2.53. The molecular weight excluding hydrogens is 464 g/mol. The van der Waals surface area contributed by atoms with Crippen LogP contribution in [0.25, 0.3) is 0 Å². The molecule has 2 rings (SSSR count). The molecule has 200 valence electrons. The molecule has 1 aliphatic rings. The molecule has 0 aromatic heterocycles. The minimum Gasteiger partial charge on any atom is -0.445 e. The van der Waals surface area contributed by atoms with Crippen molar-refractivity contribution in [2.24, 2.45) is 11.7 Å². The van der Waals surface area contributed by atoms with Crippen LogP contribution in [0.4, 0.5) is 9.59 Å². The van der Waals surface area contributed by atoms with Gasteiger partial charge in [-0.25, -0.2) is 9.59 Å². The first-order valence-electron chi connectivity index (χ1n) is 12.6. The van der Waals surface area contributed by atoms with Crippen LogP contribution in [0, 0.1) is 5.92 Å². The largest absolute Gasteiger partial charge is 0.445 e. The Morgan fingerprint density at radius 3 is 2.39 bits per heavy atom. The lowest BCUT2D eigenvalue weighted by atomic mass is 9.84. The normalized spacial score (nSPS) is 18.4. The SMILES string of the molecule is CC(C)(C)OC(=O)NCCCC[C@H](NC(=O)OCc1ccccc1)C(=O)NC1CCCCC1C(N)=O. The third-order valence-corrected chi connectivity index (χ3v) is 5.87. The van der Waals surface area contributed by atoms with Gasteiger partial charge in [0, 0.05) is 12.6 Å². The van der Waals surface area contributed by atoms with E-state index < -0.39 is 35.7 Å². The summed E-state index contributed by atoms with van der Waals surface area (Å²) >= 11 is 0. The van der Waals surface area contributed by atoms with E-state index in [1.165, 1.54) is 0 Å². The highest BCUT2D eigenvalue weighted by molar-refractivity contribution is 5.86. The fraction of sp³-hybridized carbons (Fsp3) is 0.615. The number of nitrogens with one attached hydrogen (secondary N) is 3. The second-order valence-electron chi connectivity index (χ2n) is 10.1. The number of hydrogen-bond acceptors (Lipinski definition) is 6. The van der Waals surface area contributed by atoms with Gasteiger partial charge in [0.25, 0.3) is 0 Å². The maximum Gasteiger partial charge on any atom is 0.408 e. The Hall–Kier alpha value is -3.30. The highest BCUT2D eigenvalue weighted by Gasteiger charge is 2.32. The van der Waals surface area contributed by atoms with E-state index in [1.807, 2.05) is 30.3 Å². The summed E-state index contributed by atoms with van der Waals surface area (Å²) in [4.78, 5) is 49.2. The third kappa shape index (κ3) is 11.0. The Balaban J connectivity index is 1.91. The Kier molecular flexibility index (Phi) is 11.5. The molecule has 0 aliphatic heterocycles. The van der Waals surface area contributed by atoms with Gasteiger partial charge in [-0.2, -0.15) is 0 Å². The number of carbonyl (C=O) groups is 4. The Labute approximate surface area is 213 Å². The zero-order valence-electron chi connectivity index (χ0n) is 21.5. The Bertz CT molecular complexity index is 871. The van der Waals surface area contributed by atoms with Crippen molar-refractivity contribution in [1.82, 2.24) is 16.0 Å². The molecule has 0 radical (unpaired) electrons. The van der Waals surface area contributed by atoms with Crippen molar-refractivity contribution < 1.29 is 28.7 Å². The zero-order valence-corrected chi connectivity index (χ0v) is 21.5. The molecule has 1 aliphatic carbocycles. The number of primary amides is 1. The molecule has 36 heavy (non-hydrogen) atoms. The number of rotatable bonds is 11. The first kappa shape index (κ1) is 28.9. The quantitative estimate of drug-likeness (QED) is 0.340. The van der Waals surface area contributed by atoms with E-state index in [-0.39, 0.29) is 18.6 Å². The van der Waals surface area contributed by atoms with Gasteiger partial charge in [0.05, 0.1) is 5.92 Å². The molecule has 0 saturated heterocycles. The highest BCUT2D eigenvalue weighted by atomic mass is 16.6. The van der Waals surface area contributed by atoms with E-state index in [4.69, 9.17) is 15.2 Å². The molecule has 0 heterocycles. The van der Waals surface area contributed by atoms with E-state index >= 15 is 0 Å². The standard InChI is InChI=1S/C26H40N4O6/c1-26(2,3)36-24(33)28-16-10-9-15-21(30-25(34)35-17-18-11-5-4-6-12-18)23(32)29-20-14-8-7-13-19(20)22(27)31/h4-6,11-12,19-21H,7-10,13-17H2,1-3H3,(H2,27,31)(H,28,33)(H,29,32)(H,30,34)/t19?,20?,21-/m0/s1. The van der Waals surface area contributed by atoms with Crippen molar-refractivity contribution in [3.05, 3.63) is 35.9 Å². The Morgan fingerprint density at radius 2 is 1.72 bits per heavy atom. The van der Waals surface area contributed by atoms with E-state index in [0.29, 0.717) is 38.6 Å². The lowest BCUT2D eigenvalue weighted by molar-refractivity contribution is -0.127. The summed E-state index contributed by atoms with van der Waals surface area (Å²) < 4.78 is 10.5. The van der Waals surface area contributed by atoms with Gasteiger partial charge >= 0.3 is 12.2 Å². The number of hydrogen-bond donors (Lipinski definition) is 4. The van der Waals surface area contributed by atoms with Crippen molar-refractivity contribution >= 4 is 24.0 Å². The van der Waals surface area contributed by atoms with E-state index in [9.17, 15) is 19.2 Å². The highest BCUT2D eigenvalue weighted by Crippen LogP contribution is 2.24. The number of benzene rings is 1. The third-order valence-electron chi connectivity index (χ3n) is 5.87. The van der Waals surface area contributed by atoms with Gasteiger partial charge in [0.1, 0.15) is 18.2 Å². The predicted molar refractivity (Wildman–Crippen MR) is 135 cm³/mol. The van der Waals surface area contributed by atoms with Gasteiger partial charge in [0.2, 0.25) is 11.8 Å². The van der Waals surface area contributed by atoms with Gasteiger partial charge in [-0.3, -0.25) is 9.59 Å². The minimum absolute atomic E-state index is 0.0766. The van der Waals surface area contributed by atoms with Crippen LogP contribution >= 0.6 is 0 Å². The molecule has 1 fully saturated rings. The zero-order chi connectivity index (χ0) is 26.6. The minimum atomic E-state index is -0.856. The van der Waals surface area contributed by atoms with Crippen LogP contribution in [0.3, 0.4) is 0 Å². The van der Waals surface area contributed by atoms with Crippen molar-refractivity contribution in [1.29, 1.82) is 0 Å². The molecule has 10 nitrogen and oxygen atoms in total. The van der Waals surface area contributed by atoms with Gasteiger partial charge in [-0.15, -0.1) is 0 Å². The van der Waals surface area contributed by atoms with Crippen LogP contribution < -0.4 is 21.7 Å². The molecule has 10 heteroatoms. The second-order valence-corrected chi connectivity index (χ2v) is 10.1. The molecule has 2 unspecified atom stereocenters. The monoisotopic (exact) mass is 504 g/mol. The lowest BCUT2D eigenvalue weighted by Gasteiger charge is -2.31. The molecule has 1 saturated carbocycles. The van der Waals surface area contributed by atoms with Crippen LogP contribution in [0.15, 0.2) is 30.3 Å². The van der Waals surface area contributed by atoms with E-state index in [0.717, 1.165) is 18.4 Å². The molecule has 3 atom stereocenters. The average Bonchev–Trinajstić information content (AvgIpc) is 2.81. The van der Waals surface area contributed by atoms with Gasteiger partial charge in [-0.05, 0) is 58.4 Å². The van der Waals surface area contributed by atoms with Crippen molar-refractivity contribution in [3.63, 3.8) is 0 Å². The van der Waals surface area contributed by atoms with Gasteiger partial charge in [-0.1, -0.05) is 43.2 Å². The summed E-state index contributed by atoms with van der Waals surface area (Å²) in [5.74, 6) is -1.24. The topological polar surface area (TPSA) is 149 Å². The maximum absolute atomic E-state index is 13.1. The number of alkyl carbamates (subject to hydrolysis) is 2. The summed E-state index contributed by atoms with van der Waals surface area (Å²) in [6.07, 6.45) is 3.32. The molecular formula is C26H40N4O6. The molecule has 0 bridgehead atoms. The molecule has 4 amide bonds. The summed E-state index contributed by atoms with van der Waals surface area (Å²) in [6, 6.07) is 8.01. The maximum atomic E-state index is 13.1. The van der Waals surface area contributed by atoms with Crippen LogP contribution in [0.5, 0.6) is 0 Å². The summed E-state index contributed by atoms with van der Waals surface area (Å²) in [5, 5.41) is 8.24. The first-order chi connectivity index (χ1) is 17.0. The van der Waals surface area contributed by atoms with Crippen molar-refractivity contribution in [2.75, 3.05) is 6.54 Å². The molecule has 0 spiro atoms. The van der Waals surface area contributed by atoms with Crippen LogP contribution in [-0.2, 0) is 25.7 Å². The number of carbonyl (C=O) groups excluding carboxylic acids is 4. The van der Waals surface area contributed by atoms with Gasteiger partial charge in [0.15, 0.2) is 0 Å². The number of unbranched alkanes of at least 4 members (excludes halogenated alkanes) is 1. The Morgan fingerprint density at radius 1 is 1.03 bits per heavy atom. The average molecular weight is 505 g/mol. The summed E-state index contributed by atoms with van der Waals surface area (Å²) in [5.41, 5.74) is 5.78. The number of nitrogens with two attached hydrogens (primary N) is 1. The number of ether oxygens (including phenoxy) is 2. The smallest absolute Gasteiger partial charge is 0.408 e. The summed E-state index contributed by atoms with van der Waals surface area (Å²) in [7, 11) is 0. The van der Waals surface area contributed by atoms with Crippen LogP contribution in [0.2, 0.25) is 0 Å². The molecule has 1 aromatic carbocycles. The predicted octanol–water partition coefficient (Wildman–Crippen LogP) is 3.14. The van der Waals surface area contributed by atoms with Crippen LogP contribution in [0.1, 0.15) is 71.3 Å². The van der Waals surface area contributed by atoms with Crippen LogP contribution in [-0.4, -0.2) is 48.2 Å². The summed E-state index contributed by atoms with van der Waals surface area (Å²) in [6.45, 7) is 5.80. The molecule has 1 aromatic rings. The fourth-order valence-corrected chi connectivity index (χ4v) is 4.08. The fourth-order valence-electron chi connectivity index (χ4n) is 4.08. The van der Waals surface area contributed by atoms with E-state index in [1.54, 1.807) is 20.8 Å². The molecule has 5 N–H and O–H groups in total. The second kappa shape index (κ2) is 14.3. The number of amides is 4. The van der Waals surface area contributed by atoms with Crippen molar-refractivity contribution in [3.8, 4) is 0 Å².